The number of para-hydroxylation sites is 1. The summed E-state index contributed by atoms with van der Waals surface area (Å²) < 4.78 is 5.99. The number of fused-ring (bicyclic) bond motifs is 3. The predicted molar refractivity (Wildman–Crippen MR) is 110 cm³/mol. The predicted octanol–water partition coefficient (Wildman–Crippen LogP) is 5.44. The highest BCUT2D eigenvalue weighted by Gasteiger charge is 2.31. The van der Waals surface area contributed by atoms with E-state index in [-0.39, 0.29) is 5.31 Å². The molecule has 2 heterocycles. The zero-order chi connectivity index (χ0) is 17.6. The summed E-state index contributed by atoms with van der Waals surface area (Å²) in [6.45, 7) is 0. The Morgan fingerprint density at radius 3 is 2.54 bits per heavy atom. The fourth-order valence-electron chi connectivity index (χ4n) is 4.60. The van der Waals surface area contributed by atoms with E-state index in [2.05, 4.69) is 50.3 Å². The molecular weight excluding hydrogens is 317 g/mol. The number of rotatable bonds is 2. The van der Waals surface area contributed by atoms with Crippen LogP contribution >= 0.6 is 0 Å². The average Bonchev–Trinajstić information content (AvgIpc) is 3.06. The molecule has 0 spiro atoms. The molecule has 0 N–H and O–H groups in total. The highest BCUT2D eigenvalue weighted by Crippen LogP contribution is 2.41. The second-order valence-corrected chi connectivity index (χ2v) is 7.83. The van der Waals surface area contributed by atoms with Crippen LogP contribution in [0.3, 0.4) is 0 Å². The Hall–Kier alpha value is -2.55. The lowest BCUT2D eigenvalue weighted by atomic mass is 9.56. The van der Waals surface area contributed by atoms with Gasteiger partial charge in [-0.15, -0.1) is 0 Å². The summed E-state index contributed by atoms with van der Waals surface area (Å²) in [5, 5.41) is 2.57. The zero-order valence-electron chi connectivity index (χ0n) is 15.2. The SMILES string of the molecule is BC1(c2cccnc2-c2ccc3oc4ccccc4c3c2)CCCCC1. The van der Waals surface area contributed by atoms with Crippen LogP contribution in [0, 0.1) is 0 Å². The summed E-state index contributed by atoms with van der Waals surface area (Å²) in [5.41, 5.74) is 5.60. The molecule has 1 aliphatic carbocycles. The van der Waals surface area contributed by atoms with Gasteiger partial charge in [-0.3, -0.25) is 4.98 Å². The Morgan fingerprint density at radius 1 is 0.846 bits per heavy atom. The van der Waals surface area contributed by atoms with Crippen molar-refractivity contribution in [2.24, 2.45) is 0 Å². The third-order valence-electron chi connectivity index (χ3n) is 6.07. The summed E-state index contributed by atoms with van der Waals surface area (Å²) in [5.74, 6) is 0. The number of hydrogen-bond acceptors (Lipinski definition) is 2. The Kier molecular flexibility index (Phi) is 3.63. The lowest BCUT2D eigenvalue weighted by molar-refractivity contribution is 0.398. The summed E-state index contributed by atoms with van der Waals surface area (Å²) in [7, 11) is 2.42. The van der Waals surface area contributed by atoms with Gasteiger partial charge in [0.05, 0.1) is 5.69 Å². The van der Waals surface area contributed by atoms with Crippen molar-refractivity contribution >= 4 is 29.8 Å². The second kappa shape index (κ2) is 6.01. The molecule has 0 aliphatic heterocycles. The van der Waals surface area contributed by atoms with Crippen LogP contribution in [0.25, 0.3) is 33.2 Å². The maximum Gasteiger partial charge on any atom is 0.135 e. The van der Waals surface area contributed by atoms with Crippen LogP contribution in [0.2, 0.25) is 0 Å². The van der Waals surface area contributed by atoms with E-state index in [1.807, 2.05) is 18.3 Å². The summed E-state index contributed by atoms with van der Waals surface area (Å²) in [6.07, 6.45) is 8.42. The van der Waals surface area contributed by atoms with Gasteiger partial charge in [0.2, 0.25) is 0 Å². The maximum atomic E-state index is 5.99. The molecule has 2 aromatic carbocycles. The molecule has 1 fully saturated rings. The summed E-state index contributed by atoms with van der Waals surface area (Å²) in [6, 6.07) is 19.1. The van der Waals surface area contributed by atoms with E-state index >= 15 is 0 Å². The molecule has 1 aliphatic rings. The number of nitrogens with zero attached hydrogens (tertiary/aromatic N) is 1. The van der Waals surface area contributed by atoms with Gasteiger partial charge >= 0.3 is 0 Å². The van der Waals surface area contributed by atoms with Crippen LogP contribution < -0.4 is 0 Å². The molecule has 0 atom stereocenters. The first-order valence-corrected chi connectivity index (χ1v) is 9.62. The molecule has 5 rings (SSSR count). The highest BCUT2D eigenvalue weighted by molar-refractivity contribution is 6.16. The van der Waals surface area contributed by atoms with Crippen molar-refractivity contribution in [2.75, 3.05) is 0 Å². The van der Waals surface area contributed by atoms with E-state index in [0.29, 0.717) is 0 Å². The van der Waals surface area contributed by atoms with Crippen molar-refractivity contribution in [3.8, 4) is 11.3 Å². The van der Waals surface area contributed by atoms with Gasteiger partial charge in [0.1, 0.15) is 19.0 Å². The fraction of sp³-hybridized carbons (Fsp3) is 0.261. The van der Waals surface area contributed by atoms with Crippen molar-refractivity contribution < 1.29 is 4.42 Å². The molecule has 0 saturated heterocycles. The minimum atomic E-state index is 0.231. The molecule has 128 valence electrons. The fourth-order valence-corrected chi connectivity index (χ4v) is 4.60. The van der Waals surface area contributed by atoms with E-state index in [0.717, 1.165) is 16.9 Å². The standard InChI is InChI=1S/C23H22BNO/c24-23(12-4-1-5-13-23)19-8-6-14-25-22(19)16-10-11-21-18(15-16)17-7-2-3-9-20(17)26-21/h2-3,6-11,14-15H,1,4-5,12-13,24H2. The van der Waals surface area contributed by atoms with Crippen LogP contribution in [0.1, 0.15) is 37.7 Å². The number of pyridine rings is 1. The van der Waals surface area contributed by atoms with Crippen molar-refractivity contribution in [2.45, 2.75) is 37.4 Å². The smallest absolute Gasteiger partial charge is 0.135 e. The van der Waals surface area contributed by atoms with Gasteiger partial charge in [0, 0.05) is 22.5 Å². The quantitative estimate of drug-likeness (QED) is 0.455. The molecule has 2 nitrogen and oxygen atoms in total. The Balaban J connectivity index is 1.70. The van der Waals surface area contributed by atoms with Gasteiger partial charge in [-0.1, -0.05) is 56.4 Å². The lowest BCUT2D eigenvalue weighted by Crippen LogP contribution is -2.30. The Bertz CT molecular complexity index is 1090. The van der Waals surface area contributed by atoms with Gasteiger partial charge in [-0.25, -0.2) is 0 Å². The molecule has 0 bridgehead atoms. The molecule has 1 saturated carbocycles. The van der Waals surface area contributed by atoms with Crippen LogP contribution in [-0.4, -0.2) is 12.8 Å². The third kappa shape index (κ3) is 2.46. The van der Waals surface area contributed by atoms with Gasteiger partial charge in [-0.2, -0.15) is 0 Å². The van der Waals surface area contributed by atoms with Crippen LogP contribution in [-0.2, 0) is 5.31 Å². The Morgan fingerprint density at radius 2 is 1.65 bits per heavy atom. The van der Waals surface area contributed by atoms with Gasteiger partial charge in [0.25, 0.3) is 0 Å². The number of aromatic nitrogens is 1. The first-order chi connectivity index (χ1) is 12.7. The second-order valence-electron chi connectivity index (χ2n) is 7.83. The number of hydrogen-bond donors (Lipinski definition) is 0. The first-order valence-electron chi connectivity index (χ1n) is 9.62. The topological polar surface area (TPSA) is 26.0 Å². The van der Waals surface area contributed by atoms with E-state index in [1.165, 1.54) is 54.0 Å². The monoisotopic (exact) mass is 339 g/mol. The molecule has 2 aromatic heterocycles. The van der Waals surface area contributed by atoms with Gasteiger partial charge in [0.15, 0.2) is 0 Å². The average molecular weight is 339 g/mol. The molecule has 3 heteroatoms. The normalized spacial score (nSPS) is 16.9. The van der Waals surface area contributed by atoms with E-state index in [1.54, 1.807) is 0 Å². The van der Waals surface area contributed by atoms with Crippen LogP contribution in [0.15, 0.2) is 65.2 Å². The minimum Gasteiger partial charge on any atom is -0.456 e. The first kappa shape index (κ1) is 15.7. The molecule has 4 aromatic rings. The summed E-state index contributed by atoms with van der Waals surface area (Å²) >= 11 is 0. The molecule has 26 heavy (non-hydrogen) atoms. The zero-order valence-corrected chi connectivity index (χ0v) is 15.2. The number of furan rings is 1. The third-order valence-corrected chi connectivity index (χ3v) is 6.07. The van der Waals surface area contributed by atoms with Gasteiger partial charge < -0.3 is 4.42 Å². The molecule has 0 amide bonds. The molecular formula is C23H22BNO. The van der Waals surface area contributed by atoms with Crippen molar-refractivity contribution in [3.63, 3.8) is 0 Å². The van der Waals surface area contributed by atoms with Crippen LogP contribution in [0.5, 0.6) is 0 Å². The molecule has 0 unspecified atom stereocenters. The largest absolute Gasteiger partial charge is 0.456 e. The van der Waals surface area contributed by atoms with Crippen molar-refractivity contribution in [3.05, 3.63) is 66.4 Å². The lowest BCUT2D eigenvalue weighted by Gasteiger charge is -2.35. The highest BCUT2D eigenvalue weighted by atomic mass is 16.3. The van der Waals surface area contributed by atoms with Crippen LogP contribution in [0.4, 0.5) is 0 Å². The van der Waals surface area contributed by atoms with E-state index < -0.39 is 0 Å². The van der Waals surface area contributed by atoms with E-state index in [9.17, 15) is 0 Å². The van der Waals surface area contributed by atoms with Crippen molar-refractivity contribution in [1.82, 2.24) is 4.98 Å². The maximum absolute atomic E-state index is 5.99. The van der Waals surface area contributed by atoms with Gasteiger partial charge in [-0.05, 0) is 41.2 Å². The molecule has 0 radical (unpaired) electrons. The van der Waals surface area contributed by atoms with Crippen molar-refractivity contribution in [1.29, 1.82) is 0 Å². The van der Waals surface area contributed by atoms with E-state index in [4.69, 9.17) is 9.40 Å². The Labute approximate surface area is 154 Å². The number of benzene rings is 2. The minimum absolute atomic E-state index is 0.231. The summed E-state index contributed by atoms with van der Waals surface area (Å²) in [4.78, 5) is 4.81.